The number of hydrogen-bond donors (Lipinski definition) is 3. The van der Waals surface area contributed by atoms with E-state index in [9.17, 15) is 19.5 Å². The van der Waals surface area contributed by atoms with Gasteiger partial charge in [-0.25, -0.2) is 4.79 Å². The standard InChI is InChI=1S/C22H22ClN5O4S/c1-3-28-18(11-24-20(30)15-7-4-5-9-16(15)23)26-27-22(28)33-12-19(29)25-17-10-6-8-14(13(17)2)21(31)32/h4-10H,3,11-12H2,1-2H3,(H,24,30)(H,25,29)(H,31,32). The Kier molecular flexibility index (Phi) is 8.07. The first-order valence-electron chi connectivity index (χ1n) is 10.0. The fourth-order valence-corrected chi connectivity index (χ4v) is 4.14. The Hall–Kier alpha value is -3.37. The van der Waals surface area contributed by atoms with Crippen molar-refractivity contribution in [2.45, 2.75) is 32.1 Å². The van der Waals surface area contributed by atoms with Crippen LogP contribution in [0.15, 0.2) is 47.6 Å². The lowest BCUT2D eigenvalue weighted by atomic mass is 10.1. The van der Waals surface area contributed by atoms with E-state index in [0.717, 1.165) is 0 Å². The topological polar surface area (TPSA) is 126 Å². The maximum atomic E-state index is 12.4. The number of carboxylic acid groups (broad SMARTS) is 1. The van der Waals surface area contributed by atoms with Crippen molar-refractivity contribution in [2.24, 2.45) is 0 Å². The van der Waals surface area contributed by atoms with E-state index in [2.05, 4.69) is 20.8 Å². The number of hydrogen-bond acceptors (Lipinski definition) is 6. The summed E-state index contributed by atoms with van der Waals surface area (Å²) in [7, 11) is 0. The monoisotopic (exact) mass is 487 g/mol. The highest BCUT2D eigenvalue weighted by molar-refractivity contribution is 7.99. The number of thioether (sulfide) groups is 1. The highest BCUT2D eigenvalue weighted by Gasteiger charge is 2.16. The number of aromatic carboxylic acids is 1. The molecule has 3 rings (SSSR count). The number of nitrogens with zero attached hydrogens (tertiary/aromatic N) is 3. The number of rotatable bonds is 9. The molecule has 33 heavy (non-hydrogen) atoms. The molecule has 0 saturated carbocycles. The Labute approximate surface area is 199 Å². The van der Waals surface area contributed by atoms with Gasteiger partial charge in [-0.1, -0.05) is 41.6 Å². The SMILES string of the molecule is CCn1c(CNC(=O)c2ccccc2Cl)nnc1SCC(=O)Nc1cccc(C(=O)O)c1C. The third-order valence-corrected chi connectivity index (χ3v) is 6.10. The average molecular weight is 488 g/mol. The molecule has 11 heteroatoms. The molecule has 0 radical (unpaired) electrons. The van der Waals surface area contributed by atoms with Crippen LogP contribution in [0.4, 0.5) is 5.69 Å². The van der Waals surface area contributed by atoms with Crippen molar-refractivity contribution in [2.75, 3.05) is 11.1 Å². The van der Waals surface area contributed by atoms with E-state index in [1.54, 1.807) is 47.9 Å². The molecule has 1 aromatic heterocycles. The van der Waals surface area contributed by atoms with Gasteiger partial charge in [-0.2, -0.15) is 0 Å². The second-order valence-electron chi connectivity index (χ2n) is 6.93. The second-order valence-corrected chi connectivity index (χ2v) is 8.28. The van der Waals surface area contributed by atoms with Gasteiger partial charge in [-0.3, -0.25) is 9.59 Å². The maximum Gasteiger partial charge on any atom is 0.336 e. The normalized spacial score (nSPS) is 10.6. The summed E-state index contributed by atoms with van der Waals surface area (Å²) in [5.74, 6) is -1.07. The number of aromatic nitrogens is 3. The van der Waals surface area contributed by atoms with Crippen molar-refractivity contribution < 1.29 is 19.5 Å². The van der Waals surface area contributed by atoms with E-state index >= 15 is 0 Å². The first-order chi connectivity index (χ1) is 15.8. The minimum atomic E-state index is -1.05. The van der Waals surface area contributed by atoms with Gasteiger partial charge in [0.15, 0.2) is 11.0 Å². The molecule has 3 N–H and O–H groups in total. The lowest BCUT2D eigenvalue weighted by Gasteiger charge is -2.11. The number of anilines is 1. The molecule has 9 nitrogen and oxygen atoms in total. The zero-order valence-corrected chi connectivity index (χ0v) is 19.5. The fraction of sp³-hybridized carbons (Fsp3) is 0.227. The highest BCUT2D eigenvalue weighted by atomic mass is 35.5. The molecule has 2 aromatic carbocycles. The zero-order chi connectivity index (χ0) is 24.0. The van der Waals surface area contributed by atoms with Gasteiger partial charge in [0.2, 0.25) is 5.91 Å². The Balaban J connectivity index is 1.61. The van der Waals surface area contributed by atoms with Gasteiger partial charge in [0.1, 0.15) is 0 Å². The number of carbonyl (C=O) groups excluding carboxylic acids is 2. The van der Waals surface area contributed by atoms with Gasteiger partial charge >= 0.3 is 5.97 Å². The molecule has 0 aliphatic heterocycles. The van der Waals surface area contributed by atoms with Gasteiger partial charge < -0.3 is 20.3 Å². The summed E-state index contributed by atoms with van der Waals surface area (Å²) in [6, 6.07) is 11.5. The van der Waals surface area contributed by atoms with Crippen LogP contribution < -0.4 is 10.6 Å². The Bertz CT molecular complexity index is 1200. The van der Waals surface area contributed by atoms with E-state index in [1.807, 2.05) is 6.92 Å². The third kappa shape index (κ3) is 5.91. The molecule has 0 unspecified atom stereocenters. The molecule has 0 bridgehead atoms. The van der Waals surface area contributed by atoms with Crippen LogP contribution in [0, 0.1) is 6.92 Å². The van der Waals surface area contributed by atoms with E-state index < -0.39 is 5.97 Å². The first-order valence-corrected chi connectivity index (χ1v) is 11.4. The van der Waals surface area contributed by atoms with Crippen LogP contribution in [0.2, 0.25) is 5.02 Å². The van der Waals surface area contributed by atoms with Crippen molar-refractivity contribution in [1.82, 2.24) is 20.1 Å². The Morgan fingerprint density at radius 1 is 1.09 bits per heavy atom. The predicted octanol–water partition coefficient (Wildman–Crippen LogP) is 3.62. The van der Waals surface area contributed by atoms with Gasteiger partial charge in [0.25, 0.3) is 5.91 Å². The van der Waals surface area contributed by atoms with Crippen LogP contribution in [-0.2, 0) is 17.9 Å². The summed E-state index contributed by atoms with van der Waals surface area (Å²) < 4.78 is 1.81. The smallest absolute Gasteiger partial charge is 0.336 e. The molecule has 172 valence electrons. The van der Waals surface area contributed by atoms with Gasteiger partial charge in [-0.05, 0) is 43.7 Å². The van der Waals surface area contributed by atoms with Gasteiger partial charge in [-0.15, -0.1) is 10.2 Å². The van der Waals surface area contributed by atoms with Crippen LogP contribution in [0.5, 0.6) is 0 Å². The van der Waals surface area contributed by atoms with Crippen LogP contribution in [-0.4, -0.2) is 43.4 Å². The van der Waals surface area contributed by atoms with E-state index in [1.165, 1.54) is 17.8 Å². The number of benzene rings is 2. The summed E-state index contributed by atoms with van der Waals surface area (Å²) in [6.07, 6.45) is 0. The average Bonchev–Trinajstić information content (AvgIpc) is 3.19. The zero-order valence-electron chi connectivity index (χ0n) is 18.0. The molecule has 0 aliphatic rings. The molecule has 0 aliphatic carbocycles. The quantitative estimate of drug-likeness (QED) is 0.393. The van der Waals surface area contributed by atoms with Gasteiger partial charge in [0, 0.05) is 12.2 Å². The lowest BCUT2D eigenvalue weighted by molar-refractivity contribution is -0.113. The number of amides is 2. The lowest BCUT2D eigenvalue weighted by Crippen LogP contribution is -2.25. The minimum absolute atomic E-state index is 0.0564. The van der Waals surface area contributed by atoms with Crippen LogP contribution in [0.3, 0.4) is 0 Å². The maximum absolute atomic E-state index is 12.4. The Morgan fingerprint density at radius 3 is 2.52 bits per heavy atom. The van der Waals surface area contributed by atoms with Crippen LogP contribution in [0.25, 0.3) is 0 Å². The number of nitrogens with one attached hydrogen (secondary N) is 2. The molecular weight excluding hydrogens is 466 g/mol. The number of carbonyl (C=O) groups is 3. The van der Waals surface area contributed by atoms with Gasteiger partial charge in [0.05, 0.1) is 28.4 Å². The first kappa shape index (κ1) is 24.3. The molecule has 0 atom stereocenters. The summed E-state index contributed by atoms with van der Waals surface area (Å²) in [6.45, 7) is 4.25. The third-order valence-electron chi connectivity index (χ3n) is 4.81. The molecule has 1 heterocycles. The van der Waals surface area contributed by atoms with Crippen LogP contribution in [0.1, 0.15) is 39.0 Å². The van der Waals surface area contributed by atoms with Crippen LogP contribution >= 0.6 is 23.4 Å². The molecular formula is C22H22ClN5O4S. The largest absolute Gasteiger partial charge is 0.478 e. The number of halogens is 1. The fourth-order valence-electron chi connectivity index (χ4n) is 3.09. The van der Waals surface area contributed by atoms with Crippen molar-refractivity contribution in [3.05, 3.63) is 70.0 Å². The summed E-state index contributed by atoms with van der Waals surface area (Å²) in [4.78, 5) is 36.1. The predicted molar refractivity (Wildman–Crippen MR) is 126 cm³/mol. The summed E-state index contributed by atoms with van der Waals surface area (Å²) >= 11 is 7.26. The summed E-state index contributed by atoms with van der Waals surface area (Å²) in [5.41, 5.74) is 1.43. The van der Waals surface area contributed by atoms with Crippen molar-refractivity contribution >= 4 is 46.8 Å². The summed E-state index contributed by atoms with van der Waals surface area (Å²) in [5, 5.41) is 23.9. The van der Waals surface area contributed by atoms with Crippen molar-refractivity contribution in [3.63, 3.8) is 0 Å². The molecule has 0 spiro atoms. The molecule has 3 aromatic rings. The number of carboxylic acids is 1. The molecule has 2 amide bonds. The minimum Gasteiger partial charge on any atom is -0.478 e. The van der Waals surface area contributed by atoms with Crippen molar-refractivity contribution in [3.8, 4) is 0 Å². The van der Waals surface area contributed by atoms with E-state index in [0.29, 0.717) is 39.4 Å². The van der Waals surface area contributed by atoms with Crippen molar-refractivity contribution in [1.29, 1.82) is 0 Å². The van der Waals surface area contributed by atoms with E-state index in [-0.39, 0.29) is 29.7 Å². The molecule has 0 fully saturated rings. The highest BCUT2D eigenvalue weighted by Crippen LogP contribution is 2.21. The van der Waals surface area contributed by atoms with E-state index in [4.69, 9.17) is 11.6 Å². The Morgan fingerprint density at radius 2 is 1.82 bits per heavy atom. The second kappa shape index (κ2) is 11.0. The molecule has 0 saturated heterocycles.